The Labute approximate surface area is 127 Å². The predicted molar refractivity (Wildman–Crippen MR) is 87.4 cm³/mol. The van der Waals surface area contributed by atoms with Crippen LogP contribution in [-0.4, -0.2) is 15.6 Å². The summed E-state index contributed by atoms with van der Waals surface area (Å²) in [5, 5.41) is 0.309. The molecule has 1 amide bonds. The van der Waals surface area contributed by atoms with Crippen LogP contribution in [-0.2, 0) is 4.79 Å². The van der Waals surface area contributed by atoms with E-state index in [1.54, 1.807) is 0 Å². The van der Waals surface area contributed by atoms with Crippen molar-refractivity contribution in [1.29, 1.82) is 0 Å². The number of amides is 1. The van der Waals surface area contributed by atoms with E-state index >= 15 is 0 Å². The molecular formula is C16H15N3OS. The van der Waals surface area contributed by atoms with E-state index in [2.05, 4.69) is 27.9 Å². The largest absolute Gasteiger partial charge is 0.378 e. The van der Waals surface area contributed by atoms with Gasteiger partial charge < -0.3 is 10.3 Å². The fraction of sp³-hybridized carbons (Fsp3) is 0.125. The van der Waals surface area contributed by atoms with E-state index < -0.39 is 0 Å². The summed E-state index contributed by atoms with van der Waals surface area (Å²) in [7, 11) is 0. The summed E-state index contributed by atoms with van der Waals surface area (Å²) in [6.07, 6.45) is 3.95. The number of aryl methyl sites for hydroxylation is 1. The molecule has 1 aromatic heterocycles. The average molecular weight is 297 g/mol. The zero-order chi connectivity index (χ0) is 15.0. The van der Waals surface area contributed by atoms with Crippen LogP contribution in [0.2, 0.25) is 0 Å². The van der Waals surface area contributed by atoms with Crippen molar-refractivity contribution in [3.05, 3.63) is 58.3 Å². The maximum Gasteiger partial charge on any atom is 0.286 e. The number of nitrogens with zero attached hydrogens (tertiary/aromatic N) is 2. The van der Waals surface area contributed by atoms with Crippen LogP contribution in [0.4, 0.5) is 0 Å². The van der Waals surface area contributed by atoms with Crippen LogP contribution in [0, 0.1) is 13.8 Å². The Morgan fingerprint density at radius 2 is 1.95 bits per heavy atom. The molecule has 0 unspecified atom stereocenters. The molecule has 1 aliphatic heterocycles. The van der Waals surface area contributed by atoms with Crippen LogP contribution < -0.4 is 5.73 Å². The first kappa shape index (κ1) is 13.7. The van der Waals surface area contributed by atoms with Crippen LogP contribution in [0.25, 0.3) is 11.8 Å². The van der Waals surface area contributed by atoms with E-state index in [9.17, 15) is 4.79 Å². The van der Waals surface area contributed by atoms with Gasteiger partial charge in [-0.2, -0.15) is 4.99 Å². The van der Waals surface area contributed by atoms with Crippen molar-refractivity contribution in [3.63, 3.8) is 0 Å². The summed E-state index contributed by atoms with van der Waals surface area (Å²) in [5.41, 5.74) is 9.93. The van der Waals surface area contributed by atoms with Gasteiger partial charge in [-0.25, -0.2) is 0 Å². The number of hydrogen-bond donors (Lipinski definition) is 1. The molecule has 0 aliphatic carbocycles. The lowest BCUT2D eigenvalue weighted by atomic mass is 10.1. The van der Waals surface area contributed by atoms with E-state index in [0.29, 0.717) is 10.1 Å². The third-order valence-electron chi connectivity index (χ3n) is 3.45. The highest BCUT2D eigenvalue weighted by atomic mass is 32.2. The quantitative estimate of drug-likeness (QED) is 0.867. The third-order valence-corrected chi connectivity index (χ3v) is 4.26. The molecule has 0 saturated heterocycles. The Hall–Kier alpha value is -2.27. The van der Waals surface area contributed by atoms with Crippen LogP contribution >= 0.6 is 11.8 Å². The molecule has 4 nitrogen and oxygen atoms in total. The first-order valence-corrected chi connectivity index (χ1v) is 7.40. The van der Waals surface area contributed by atoms with Crippen molar-refractivity contribution in [2.24, 2.45) is 10.7 Å². The van der Waals surface area contributed by atoms with Gasteiger partial charge >= 0.3 is 0 Å². The number of carbonyl (C=O) groups is 1. The average Bonchev–Trinajstić information content (AvgIpc) is 2.93. The fourth-order valence-electron chi connectivity index (χ4n) is 2.41. The molecule has 2 aromatic rings. The van der Waals surface area contributed by atoms with Crippen LogP contribution in [0.5, 0.6) is 0 Å². The van der Waals surface area contributed by atoms with Gasteiger partial charge in [-0.1, -0.05) is 18.2 Å². The standard InChI is InChI=1S/C16H15N3OS/c1-10-9-19(12-6-4-3-5-7-12)11(2)13(10)8-14-15(20)18-16(17)21-14/h3-9H,1-2H3,(H2,17,18,20). The zero-order valence-corrected chi connectivity index (χ0v) is 12.6. The van der Waals surface area contributed by atoms with E-state index in [4.69, 9.17) is 5.73 Å². The SMILES string of the molecule is Cc1cn(-c2ccccc2)c(C)c1C=C1SC(N)=NC1=O. The molecule has 5 heteroatoms. The molecule has 1 aliphatic rings. The lowest BCUT2D eigenvalue weighted by Gasteiger charge is -2.06. The van der Waals surface area contributed by atoms with E-state index in [1.165, 1.54) is 11.8 Å². The Balaban J connectivity index is 2.04. The summed E-state index contributed by atoms with van der Waals surface area (Å²) in [6, 6.07) is 10.1. The zero-order valence-electron chi connectivity index (χ0n) is 11.8. The normalized spacial score (nSPS) is 16.6. The highest BCUT2D eigenvalue weighted by Gasteiger charge is 2.21. The predicted octanol–water partition coefficient (Wildman–Crippen LogP) is 3.02. The van der Waals surface area contributed by atoms with Crippen LogP contribution in [0.15, 0.2) is 46.4 Å². The van der Waals surface area contributed by atoms with Crippen molar-refractivity contribution in [1.82, 2.24) is 4.57 Å². The molecule has 0 atom stereocenters. The van der Waals surface area contributed by atoms with Crippen molar-refractivity contribution in [2.75, 3.05) is 0 Å². The van der Waals surface area contributed by atoms with Crippen LogP contribution in [0.3, 0.4) is 0 Å². The molecule has 1 aromatic carbocycles. The van der Waals surface area contributed by atoms with E-state index in [0.717, 1.165) is 22.5 Å². The van der Waals surface area contributed by atoms with Gasteiger partial charge in [-0.05, 0) is 54.9 Å². The molecule has 0 spiro atoms. The van der Waals surface area contributed by atoms with Gasteiger partial charge in [0.1, 0.15) is 0 Å². The number of benzene rings is 1. The van der Waals surface area contributed by atoms with Gasteiger partial charge in [0.25, 0.3) is 5.91 Å². The highest BCUT2D eigenvalue weighted by molar-refractivity contribution is 8.18. The molecular weight excluding hydrogens is 282 g/mol. The molecule has 0 radical (unpaired) electrons. The van der Waals surface area contributed by atoms with Gasteiger partial charge in [0.05, 0.1) is 4.91 Å². The summed E-state index contributed by atoms with van der Waals surface area (Å²) >= 11 is 1.22. The Kier molecular flexibility index (Phi) is 3.43. The van der Waals surface area contributed by atoms with Crippen LogP contribution in [0.1, 0.15) is 16.8 Å². The summed E-state index contributed by atoms with van der Waals surface area (Å²) in [4.78, 5) is 16.0. The monoisotopic (exact) mass is 297 g/mol. The number of hydrogen-bond acceptors (Lipinski definition) is 3. The van der Waals surface area contributed by atoms with Gasteiger partial charge in [0, 0.05) is 17.6 Å². The third kappa shape index (κ3) is 2.52. The molecule has 106 valence electrons. The van der Waals surface area contributed by atoms with Crippen molar-refractivity contribution in [3.8, 4) is 5.69 Å². The number of aliphatic imine (C=N–C) groups is 1. The van der Waals surface area contributed by atoms with Gasteiger partial charge in [0.2, 0.25) is 0 Å². The summed E-state index contributed by atoms with van der Waals surface area (Å²) in [6.45, 7) is 4.08. The first-order chi connectivity index (χ1) is 10.1. The van der Waals surface area contributed by atoms with Crippen molar-refractivity contribution >= 4 is 28.9 Å². The number of carbonyl (C=O) groups excluding carboxylic acids is 1. The molecule has 0 fully saturated rings. The highest BCUT2D eigenvalue weighted by Crippen LogP contribution is 2.30. The second-order valence-corrected chi connectivity index (χ2v) is 5.94. The molecule has 21 heavy (non-hydrogen) atoms. The number of amidine groups is 1. The number of nitrogens with two attached hydrogens (primary N) is 1. The van der Waals surface area contributed by atoms with Gasteiger partial charge in [-0.15, -0.1) is 0 Å². The second kappa shape index (κ2) is 5.26. The minimum Gasteiger partial charge on any atom is -0.378 e. The Bertz CT molecular complexity index is 772. The van der Waals surface area contributed by atoms with E-state index in [-0.39, 0.29) is 5.91 Å². The Morgan fingerprint density at radius 3 is 2.57 bits per heavy atom. The first-order valence-electron chi connectivity index (χ1n) is 6.58. The van der Waals surface area contributed by atoms with Crippen molar-refractivity contribution in [2.45, 2.75) is 13.8 Å². The maximum atomic E-state index is 11.7. The second-order valence-electron chi connectivity index (χ2n) is 4.88. The number of para-hydroxylation sites is 1. The molecule has 0 bridgehead atoms. The molecule has 3 rings (SSSR count). The number of thioether (sulfide) groups is 1. The number of rotatable bonds is 2. The fourth-order valence-corrected chi connectivity index (χ4v) is 3.07. The lowest BCUT2D eigenvalue weighted by Crippen LogP contribution is -2.01. The molecule has 2 N–H and O–H groups in total. The minimum absolute atomic E-state index is 0.260. The van der Waals surface area contributed by atoms with Gasteiger partial charge in [-0.3, -0.25) is 4.79 Å². The Morgan fingerprint density at radius 1 is 1.24 bits per heavy atom. The summed E-state index contributed by atoms with van der Waals surface area (Å²) in [5.74, 6) is -0.260. The minimum atomic E-state index is -0.260. The van der Waals surface area contributed by atoms with E-state index in [1.807, 2.05) is 38.1 Å². The topological polar surface area (TPSA) is 60.4 Å². The smallest absolute Gasteiger partial charge is 0.286 e. The van der Waals surface area contributed by atoms with Crippen molar-refractivity contribution < 1.29 is 4.79 Å². The van der Waals surface area contributed by atoms with Gasteiger partial charge in [0.15, 0.2) is 5.17 Å². The molecule has 2 heterocycles. The summed E-state index contributed by atoms with van der Waals surface area (Å²) < 4.78 is 2.12. The molecule has 0 saturated carbocycles. The number of aromatic nitrogens is 1. The maximum absolute atomic E-state index is 11.7. The lowest BCUT2D eigenvalue weighted by molar-refractivity contribution is -0.113.